The average Bonchev–Trinajstić information content (AvgIpc) is 2.75. The van der Waals surface area contributed by atoms with Gasteiger partial charge >= 0.3 is 5.97 Å². The van der Waals surface area contributed by atoms with E-state index in [0.717, 1.165) is 24.8 Å². The minimum absolute atomic E-state index is 0.00880. The topological polar surface area (TPSA) is 26.3 Å². The van der Waals surface area contributed by atoms with Crippen molar-refractivity contribution in [1.29, 1.82) is 0 Å². The molecule has 3 atom stereocenters. The standard InChI is InChI=1S/C15H18O2/c1-8-4-7-12-10(3)15(16)17-14(12)13-9(2)5-6-11(8)13/h5,11,13-14H,1,4,6-7H2,2-3H3/t11-,13-,14-/m1/s1. The largest absolute Gasteiger partial charge is 0.454 e. The average molecular weight is 230 g/mol. The molecule has 2 heteroatoms. The number of allylic oxidation sites excluding steroid dienone is 2. The van der Waals surface area contributed by atoms with Gasteiger partial charge in [0.05, 0.1) is 0 Å². The summed E-state index contributed by atoms with van der Waals surface area (Å²) in [6.07, 6.45) is 5.29. The summed E-state index contributed by atoms with van der Waals surface area (Å²) >= 11 is 0. The highest BCUT2D eigenvalue weighted by molar-refractivity contribution is 5.91. The molecule has 2 nitrogen and oxygen atoms in total. The maximum Gasteiger partial charge on any atom is 0.334 e. The molecule has 0 saturated heterocycles. The third-order valence-corrected chi connectivity index (χ3v) is 4.58. The summed E-state index contributed by atoms with van der Waals surface area (Å²) in [5.41, 5.74) is 4.75. The lowest BCUT2D eigenvalue weighted by molar-refractivity contribution is -0.141. The normalized spacial score (nSPS) is 36.4. The van der Waals surface area contributed by atoms with E-state index in [2.05, 4.69) is 19.6 Å². The van der Waals surface area contributed by atoms with E-state index in [9.17, 15) is 4.79 Å². The summed E-state index contributed by atoms with van der Waals surface area (Å²) in [6.45, 7) is 8.28. The van der Waals surface area contributed by atoms with Crippen LogP contribution in [0.3, 0.4) is 0 Å². The lowest BCUT2D eigenvalue weighted by atomic mass is 9.82. The van der Waals surface area contributed by atoms with Crippen LogP contribution in [0, 0.1) is 11.8 Å². The van der Waals surface area contributed by atoms with Crippen molar-refractivity contribution in [2.75, 3.05) is 0 Å². The van der Waals surface area contributed by atoms with Gasteiger partial charge in [0.15, 0.2) is 0 Å². The highest BCUT2D eigenvalue weighted by Gasteiger charge is 2.45. The molecule has 90 valence electrons. The van der Waals surface area contributed by atoms with Gasteiger partial charge in [0.25, 0.3) is 0 Å². The highest BCUT2D eigenvalue weighted by atomic mass is 16.5. The summed E-state index contributed by atoms with van der Waals surface area (Å²) < 4.78 is 5.60. The van der Waals surface area contributed by atoms with Crippen molar-refractivity contribution in [3.63, 3.8) is 0 Å². The molecule has 2 aliphatic carbocycles. The molecule has 1 saturated carbocycles. The SMILES string of the molecule is C=C1CCC2=C(C)C(=O)O[C@H]2[C@@H]2C(C)=CC[C@H]12. The Kier molecular flexibility index (Phi) is 2.29. The Morgan fingerprint density at radius 1 is 1.35 bits per heavy atom. The van der Waals surface area contributed by atoms with Gasteiger partial charge in [-0.3, -0.25) is 0 Å². The predicted molar refractivity (Wildman–Crippen MR) is 66.3 cm³/mol. The first-order valence-corrected chi connectivity index (χ1v) is 6.34. The van der Waals surface area contributed by atoms with Crippen LogP contribution in [0.25, 0.3) is 0 Å². The van der Waals surface area contributed by atoms with Gasteiger partial charge in [-0.25, -0.2) is 4.79 Å². The Morgan fingerprint density at radius 3 is 2.88 bits per heavy atom. The van der Waals surface area contributed by atoms with Gasteiger partial charge in [-0.15, -0.1) is 0 Å². The van der Waals surface area contributed by atoms with Gasteiger partial charge in [-0.1, -0.05) is 23.8 Å². The fourth-order valence-electron chi connectivity index (χ4n) is 3.50. The zero-order valence-electron chi connectivity index (χ0n) is 10.5. The number of carbonyl (C=O) groups is 1. The van der Waals surface area contributed by atoms with Gasteiger partial charge in [0.2, 0.25) is 0 Å². The molecule has 0 bridgehead atoms. The van der Waals surface area contributed by atoms with Crippen molar-refractivity contribution in [3.05, 3.63) is 34.9 Å². The minimum atomic E-state index is -0.115. The fourth-order valence-corrected chi connectivity index (χ4v) is 3.50. The van der Waals surface area contributed by atoms with Crippen molar-refractivity contribution in [1.82, 2.24) is 0 Å². The predicted octanol–water partition coefficient (Wildman–Crippen LogP) is 3.16. The zero-order valence-corrected chi connectivity index (χ0v) is 10.5. The number of ether oxygens (including phenoxy) is 1. The first-order chi connectivity index (χ1) is 8.09. The Morgan fingerprint density at radius 2 is 2.12 bits per heavy atom. The van der Waals surface area contributed by atoms with Gasteiger partial charge in [-0.05, 0) is 44.6 Å². The summed E-state index contributed by atoms with van der Waals surface area (Å²) in [5, 5.41) is 0. The van der Waals surface area contributed by atoms with Crippen LogP contribution in [0.4, 0.5) is 0 Å². The Labute approximate surface area is 102 Å². The van der Waals surface area contributed by atoms with E-state index in [-0.39, 0.29) is 12.1 Å². The van der Waals surface area contributed by atoms with Crippen LogP contribution < -0.4 is 0 Å². The molecule has 17 heavy (non-hydrogen) atoms. The van der Waals surface area contributed by atoms with Gasteiger partial charge in [0.1, 0.15) is 6.10 Å². The number of rotatable bonds is 0. The lowest BCUT2D eigenvalue weighted by Crippen LogP contribution is -2.27. The molecular formula is C15H18O2. The van der Waals surface area contributed by atoms with Crippen LogP contribution in [0.2, 0.25) is 0 Å². The third kappa shape index (κ3) is 1.43. The van der Waals surface area contributed by atoms with Gasteiger partial charge in [0, 0.05) is 11.5 Å². The molecule has 0 spiro atoms. The van der Waals surface area contributed by atoms with E-state index < -0.39 is 0 Å². The molecule has 0 aromatic heterocycles. The molecule has 0 amide bonds. The number of hydrogen-bond donors (Lipinski definition) is 0. The summed E-state index contributed by atoms with van der Waals surface area (Å²) in [6, 6.07) is 0. The number of hydrogen-bond acceptors (Lipinski definition) is 2. The van der Waals surface area contributed by atoms with Gasteiger partial charge in [-0.2, -0.15) is 0 Å². The molecule has 1 heterocycles. The van der Waals surface area contributed by atoms with E-state index in [1.165, 1.54) is 16.7 Å². The van der Waals surface area contributed by atoms with Crippen LogP contribution in [0.5, 0.6) is 0 Å². The fraction of sp³-hybridized carbons (Fsp3) is 0.533. The summed E-state index contributed by atoms with van der Waals surface area (Å²) in [7, 11) is 0. The summed E-state index contributed by atoms with van der Waals surface area (Å²) in [5.74, 6) is 0.716. The Balaban J connectivity index is 2.06. The molecule has 1 fully saturated rings. The number of carbonyl (C=O) groups excluding carboxylic acids is 1. The maximum absolute atomic E-state index is 11.7. The van der Waals surface area contributed by atoms with Crippen molar-refractivity contribution in [2.24, 2.45) is 11.8 Å². The van der Waals surface area contributed by atoms with Crippen molar-refractivity contribution in [3.8, 4) is 0 Å². The van der Waals surface area contributed by atoms with Crippen LogP contribution in [0.15, 0.2) is 34.9 Å². The van der Waals surface area contributed by atoms with E-state index in [4.69, 9.17) is 4.74 Å². The van der Waals surface area contributed by atoms with E-state index in [1.807, 2.05) is 6.92 Å². The van der Waals surface area contributed by atoms with Crippen molar-refractivity contribution >= 4 is 5.97 Å². The summed E-state index contributed by atoms with van der Waals surface area (Å²) in [4.78, 5) is 11.7. The minimum Gasteiger partial charge on any atom is -0.454 e. The quantitative estimate of drug-likeness (QED) is 0.472. The zero-order chi connectivity index (χ0) is 12.2. The van der Waals surface area contributed by atoms with Crippen LogP contribution in [-0.2, 0) is 9.53 Å². The molecule has 3 aliphatic rings. The first-order valence-electron chi connectivity index (χ1n) is 6.34. The Hall–Kier alpha value is -1.31. The molecule has 0 aromatic carbocycles. The maximum atomic E-state index is 11.7. The monoisotopic (exact) mass is 230 g/mol. The van der Waals surface area contributed by atoms with E-state index in [1.54, 1.807) is 0 Å². The third-order valence-electron chi connectivity index (χ3n) is 4.58. The van der Waals surface area contributed by atoms with E-state index >= 15 is 0 Å². The first kappa shape index (κ1) is 10.8. The molecule has 0 unspecified atom stereocenters. The molecule has 1 aliphatic heterocycles. The second-order valence-corrected chi connectivity index (χ2v) is 5.45. The number of esters is 1. The second-order valence-electron chi connectivity index (χ2n) is 5.45. The smallest absolute Gasteiger partial charge is 0.334 e. The molecule has 0 radical (unpaired) electrons. The van der Waals surface area contributed by atoms with Crippen molar-refractivity contribution in [2.45, 2.75) is 39.2 Å². The second kappa shape index (κ2) is 3.59. The molecular weight excluding hydrogens is 212 g/mol. The highest BCUT2D eigenvalue weighted by Crippen LogP contribution is 2.48. The molecule has 0 aromatic rings. The van der Waals surface area contributed by atoms with Crippen molar-refractivity contribution < 1.29 is 9.53 Å². The molecule has 3 rings (SSSR count). The Bertz CT molecular complexity index is 467. The van der Waals surface area contributed by atoms with Crippen LogP contribution in [0.1, 0.15) is 33.1 Å². The molecule has 0 N–H and O–H groups in total. The lowest BCUT2D eigenvalue weighted by Gasteiger charge is -2.26. The van der Waals surface area contributed by atoms with E-state index in [0.29, 0.717) is 11.8 Å². The number of fused-ring (bicyclic) bond motifs is 3. The van der Waals surface area contributed by atoms with Crippen LogP contribution in [-0.4, -0.2) is 12.1 Å². The van der Waals surface area contributed by atoms with Gasteiger partial charge < -0.3 is 4.74 Å². The van der Waals surface area contributed by atoms with Crippen LogP contribution >= 0.6 is 0 Å².